The lowest BCUT2D eigenvalue weighted by Crippen LogP contribution is -2.48. The molecule has 0 radical (unpaired) electrons. The molecule has 0 aliphatic carbocycles. The number of carbonyl (C=O) groups excluding carboxylic acids is 1. The summed E-state index contributed by atoms with van der Waals surface area (Å²) in [6, 6.07) is 2.93. The van der Waals surface area contributed by atoms with E-state index in [-0.39, 0.29) is 28.6 Å². The molecule has 0 saturated carbocycles. The Morgan fingerprint density at radius 2 is 2.09 bits per heavy atom. The van der Waals surface area contributed by atoms with Crippen molar-refractivity contribution < 1.29 is 23.8 Å². The van der Waals surface area contributed by atoms with Gasteiger partial charge in [0.15, 0.2) is 5.43 Å². The molecule has 6 nitrogen and oxygen atoms in total. The zero-order valence-corrected chi connectivity index (χ0v) is 13.4. The van der Waals surface area contributed by atoms with E-state index in [9.17, 15) is 14.7 Å². The summed E-state index contributed by atoms with van der Waals surface area (Å²) in [4.78, 5) is 23.4. The molecular weight excluding hydrogens is 300 g/mol. The Bertz CT molecular complexity index is 861. The molecule has 1 N–H and O–H groups in total. The number of esters is 1. The summed E-state index contributed by atoms with van der Waals surface area (Å²) in [6.45, 7) is 6.59. The predicted molar refractivity (Wildman–Crippen MR) is 82.9 cm³/mol. The number of aryl methyl sites for hydroxylation is 1. The van der Waals surface area contributed by atoms with Crippen molar-refractivity contribution in [3.05, 3.63) is 33.7 Å². The molecule has 0 unspecified atom stereocenters. The van der Waals surface area contributed by atoms with Crippen LogP contribution in [0.5, 0.6) is 11.5 Å². The Morgan fingerprint density at radius 3 is 2.74 bits per heavy atom. The number of fused-ring (bicyclic) bond motifs is 2. The summed E-state index contributed by atoms with van der Waals surface area (Å²) >= 11 is 0. The molecule has 23 heavy (non-hydrogen) atoms. The van der Waals surface area contributed by atoms with Crippen LogP contribution in [0, 0.1) is 6.92 Å². The van der Waals surface area contributed by atoms with Crippen LogP contribution in [0.15, 0.2) is 21.3 Å². The molecule has 6 heteroatoms. The van der Waals surface area contributed by atoms with Gasteiger partial charge in [0.25, 0.3) is 0 Å². The molecule has 0 bridgehead atoms. The number of phenols is 1. The maximum absolute atomic E-state index is 12.1. The zero-order chi connectivity index (χ0) is 16.9. The van der Waals surface area contributed by atoms with Crippen molar-refractivity contribution in [3.63, 3.8) is 0 Å². The number of rotatable bonds is 1. The van der Waals surface area contributed by atoms with Gasteiger partial charge in [-0.2, -0.15) is 0 Å². The molecule has 0 amide bonds. The molecule has 0 fully saturated rings. The lowest BCUT2D eigenvalue weighted by molar-refractivity contribution is -0.158. The molecule has 1 aliphatic rings. The number of hydrogen-bond acceptors (Lipinski definition) is 6. The van der Waals surface area contributed by atoms with Crippen molar-refractivity contribution in [1.82, 2.24) is 0 Å². The molecule has 3 rings (SSSR count). The molecule has 0 saturated heterocycles. The summed E-state index contributed by atoms with van der Waals surface area (Å²) in [6.07, 6.45) is -0.301. The van der Waals surface area contributed by atoms with Gasteiger partial charge in [-0.1, -0.05) is 0 Å². The minimum atomic E-state index is -0.761. The van der Waals surface area contributed by atoms with Crippen LogP contribution in [-0.4, -0.2) is 22.8 Å². The van der Waals surface area contributed by atoms with E-state index >= 15 is 0 Å². The van der Waals surface area contributed by atoms with Gasteiger partial charge in [0.05, 0.1) is 0 Å². The van der Waals surface area contributed by atoms with Crippen molar-refractivity contribution >= 4 is 16.9 Å². The second-order valence-electron chi connectivity index (χ2n) is 6.30. The predicted octanol–water partition coefficient (Wildman–Crippen LogP) is 2.45. The minimum Gasteiger partial charge on any atom is -0.507 e. The first-order chi connectivity index (χ1) is 10.7. The van der Waals surface area contributed by atoms with Crippen LogP contribution in [0.25, 0.3) is 11.0 Å². The highest BCUT2D eigenvalue weighted by molar-refractivity contribution is 5.87. The van der Waals surface area contributed by atoms with Crippen LogP contribution in [0.4, 0.5) is 0 Å². The fraction of sp³-hybridized carbons (Fsp3) is 0.412. The third kappa shape index (κ3) is 2.54. The van der Waals surface area contributed by atoms with Crippen molar-refractivity contribution in [3.8, 4) is 11.5 Å². The van der Waals surface area contributed by atoms with Gasteiger partial charge < -0.3 is 19.0 Å². The summed E-state index contributed by atoms with van der Waals surface area (Å²) in [5.41, 5.74) is -0.367. The zero-order valence-electron chi connectivity index (χ0n) is 13.4. The van der Waals surface area contributed by atoms with Crippen LogP contribution < -0.4 is 10.2 Å². The Morgan fingerprint density at radius 1 is 1.39 bits per heavy atom. The largest absolute Gasteiger partial charge is 0.507 e. The molecule has 1 atom stereocenters. The lowest BCUT2D eigenvalue weighted by Gasteiger charge is -2.39. The topological polar surface area (TPSA) is 86.0 Å². The first-order valence-electron chi connectivity index (χ1n) is 7.34. The van der Waals surface area contributed by atoms with Gasteiger partial charge in [0.2, 0.25) is 0 Å². The van der Waals surface area contributed by atoms with Crippen molar-refractivity contribution in [2.24, 2.45) is 0 Å². The second kappa shape index (κ2) is 5.01. The number of ether oxygens (including phenoxy) is 2. The maximum Gasteiger partial charge on any atom is 0.303 e. The first-order valence-corrected chi connectivity index (χ1v) is 7.34. The smallest absolute Gasteiger partial charge is 0.303 e. The Labute approximate surface area is 132 Å². The SMILES string of the molecule is CC(=O)O[C@H]1Cc2c(cc3oc(C)cc(=O)c3c2O)OC1(C)C. The molecule has 122 valence electrons. The van der Waals surface area contributed by atoms with Gasteiger partial charge in [0, 0.05) is 31.0 Å². The molecule has 0 spiro atoms. The molecular formula is C17H18O6. The van der Waals surface area contributed by atoms with Crippen molar-refractivity contribution in [2.75, 3.05) is 0 Å². The Kier molecular flexibility index (Phi) is 3.35. The fourth-order valence-electron chi connectivity index (χ4n) is 2.89. The summed E-state index contributed by atoms with van der Waals surface area (Å²) < 4.78 is 16.7. The van der Waals surface area contributed by atoms with Gasteiger partial charge in [0.1, 0.15) is 39.9 Å². The van der Waals surface area contributed by atoms with Crippen molar-refractivity contribution in [2.45, 2.75) is 45.8 Å². The van der Waals surface area contributed by atoms with E-state index < -0.39 is 17.7 Å². The summed E-state index contributed by atoms with van der Waals surface area (Å²) in [5.74, 6) is 0.274. The van der Waals surface area contributed by atoms with E-state index in [1.165, 1.54) is 13.0 Å². The Balaban J connectivity index is 2.21. The monoisotopic (exact) mass is 318 g/mol. The fourth-order valence-corrected chi connectivity index (χ4v) is 2.89. The number of phenolic OH excluding ortho intramolecular Hbond substituents is 1. The average Bonchev–Trinajstić information content (AvgIpc) is 2.38. The normalized spacial score (nSPS) is 19.0. The van der Waals surface area contributed by atoms with Crippen molar-refractivity contribution in [1.29, 1.82) is 0 Å². The quantitative estimate of drug-likeness (QED) is 0.813. The van der Waals surface area contributed by atoms with Crippen LogP contribution in [0.2, 0.25) is 0 Å². The highest BCUT2D eigenvalue weighted by atomic mass is 16.6. The van der Waals surface area contributed by atoms with Gasteiger partial charge in [-0.15, -0.1) is 0 Å². The number of hydrogen-bond donors (Lipinski definition) is 1. The first kappa shape index (κ1) is 15.4. The van der Waals surface area contributed by atoms with Gasteiger partial charge in [-0.3, -0.25) is 9.59 Å². The van der Waals surface area contributed by atoms with Crippen LogP contribution in [-0.2, 0) is 16.0 Å². The average molecular weight is 318 g/mol. The Hall–Kier alpha value is -2.50. The maximum atomic E-state index is 12.1. The highest BCUT2D eigenvalue weighted by Gasteiger charge is 2.41. The molecule has 1 aromatic heterocycles. The number of aromatic hydroxyl groups is 1. The molecule has 1 aromatic carbocycles. The third-order valence-corrected chi connectivity index (χ3v) is 4.03. The van der Waals surface area contributed by atoms with Gasteiger partial charge >= 0.3 is 5.97 Å². The van der Waals surface area contributed by atoms with Crippen LogP contribution in [0.1, 0.15) is 32.1 Å². The van der Waals surface area contributed by atoms with E-state index in [0.29, 0.717) is 17.1 Å². The number of benzene rings is 1. The summed E-state index contributed by atoms with van der Waals surface area (Å²) in [5, 5.41) is 10.6. The number of carbonyl (C=O) groups is 1. The van der Waals surface area contributed by atoms with E-state index in [2.05, 4.69) is 0 Å². The lowest BCUT2D eigenvalue weighted by atomic mass is 9.89. The van der Waals surface area contributed by atoms with E-state index in [1.807, 2.05) is 0 Å². The van der Waals surface area contributed by atoms with E-state index in [4.69, 9.17) is 13.9 Å². The molecule has 2 heterocycles. The highest BCUT2D eigenvalue weighted by Crippen LogP contribution is 2.42. The molecule has 1 aliphatic heterocycles. The standard InChI is InChI=1S/C17H18O6/c1-8-5-11(19)15-13(21-8)7-12-10(16(15)20)6-14(22-9(2)18)17(3,4)23-12/h5,7,14,20H,6H2,1-4H3/t14-/m0/s1. The molecule has 2 aromatic rings. The van der Waals surface area contributed by atoms with E-state index in [1.54, 1.807) is 26.8 Å². The van der Waals surface area contributed by atoms with Gasteiger partial charge in [-0.25, -0.2) is 0 Å². The van der Waals surface area contributed by atoms with E-state index in [0.717, 1.165) is 0 Å². The van der Waals surface area contributed by atoms with Crippen LogP contribution in [0.3, 0.4) is 0 Å². The van der Waals surface area contributed by atoms with Gasteiger partial charge in [-0.05, 0) is 20.8 Å². The summed E-state index contributed by atoms with van der Waals surface area (Å²) in [7, 11) is 0. The second-order valence-corrected chi connectivity index (χ2v) is 6.30. The third-order valence-electron chi connectivity index (χ3n) is 4.03. The minimum absolute atomic E-state index is 0.110. The van der Waals surface area contributed by atoms with Crippen LogP contribution >= 0.6 is 0 Å².